The van der Waals surface area contributed by atoms with Gasteiger partial charge in [0.05, 0.1) is 11.6 Å². The normalized spacial score (nSPS) is 19.5. The van der Waals surface area contributed by atoms with Crippen molar-refractivity contribution in [2.75, 3.05) is 6.61 Å². The maximum atomic E-state index is 13.8. The first-order chi connectivity index (χ1) is 11.7. The summed E-state index contributed by atoms with van der Waals surface area (Å²) in [5.41, 5.74) is -1.59. The summed E-state index contributed by atoms with van der Waals surface area (Å²) in [5.74, 6) is -3.20. The Labute approximate surface area is 147 Å². The molecule has 1 aromatic rings. The Hall–Kier alpha value is -2.61. The highest BCUT2D eigenvalue weighted by molar-refractivity contribution is 6.30. The van der Waals surface area contributed by atoms with Crippen LogP contribution in [0.3, 0.4) is 0 Å². The number of Topliss-reactive ketones (excluding diaryl/α,β-unsaturated/α-hetero) is 1. The fourth-order valence-electron chi connectivity index (χ4n) is 2.18. The molecular formula is C16H15ClFNO6. The van der Waals surface area contributed by atoms with E-state index in [-0.39, 0.29) is 17.2 Å². The number of ketones is 1. The lowest BCUT2D eigenvalue weighted by molar-refractivity contribution is -0.142. The third kappa shape index (κ3) is 3.74. The SMILES string of the molecule is CCOC(=O)NC1=C(OC(C)=O)C(=O)C(C)(c2ccc(Cl)c(F)c2)O1. The summed E-state index contributed by atoms with van der Waals surface area (Å²) in [6.45, 7) is 4.10. The Morgan fingerprint density at radius 3 is 2.64 bits per heavy atom. The van der Waals surface area contributed by atoms with Crippen LogP contribution in [0.25, 0.3) is 0 Å². The summed E-state index contributed by atoms with van der Waals surface area (Å²) < 4.78 is 28.8. The van der Waals surface area contributed by atoms with E-state index in [1.165, 1.54) is 19.1 Å². The van der Waals surface area contributed by atoms with E-state index in [0.29, 0.717) is 0 Å². The number of nitrogens with one attached hydrogen (secondary N) is 1. The molecule has 1 aliphatic heterocycles. The minimum atomic E-state index is -1.72. The van der Waals surface area contributed by atoms with E-state index in [1.54, 1.807) is 6.92 Å². The number of amides is 1. The average molecular weight is 372 g/mol. The zero-order valence-corrected chi connectivity index (χ0v) is 14.4. The van der Waals surface area contributed by atoms with Crippen molar-refractivity contribution < 1.29 is 33.0 Å². The quantitative estimate of drug-likeness (QED) is 0.818. The Morgan fingerprint density at radius 1 is 1.40 bits per heavy atom. The highest BCUT2D eigenvalue weighted by Crippen LogP contribution is 2.39. The molecule has 0 radical (unpaired) electrons. The van der Waals surface area contributed by atoms with Crippen LogP contribution in [0.4, 0.5) is 9.18 Å². The maximum absolute atomic E-state index is 13.8. The van der Waals surface area contributed by atoms with E-state index < -0.39 is 40.9 Å². The number of alkyl carbamates (subject to hydrolysis) is 1. The molecule has 0 saturated heterocycles. The van der Waals surface area contributed by atoms with E-state index >= 15 is 0 Å². The van der Waals surface area contributed by atoms with Gasteiger partial charge in [-0.25, -0.2) is 9.18 Å². The fraction of sp³-hybridized carbons (Fsp3) is 0.312. The largest absolute Gasteiger partial charge is 0.456 e. The molecule has 0 aromatic heterocycles. The van der Waals surface area contributed by atoms with Gasteiger partial charge in [0.2, 0.25) is 11.6 Å². The molecule has 1 N–H and O–H groups in total. The summed E-state index contributed by atoms with van der Waals surface area (Å²) in [6, 6.07) is 3.68. The van der Waals surface area contributed by atoms with Crippen LogP contribution in [0.1, 0.15) is 26.3 Å². The van der Waals surface area contributed by atoms with Gasteiger partial charge in [-0.2, -0.15) is 0 Å². The molecule has 7 nitrogen and oxygen atoms in total. The summed E-state index contributed by atoms with van der Waals surface area (Å²) in [6.07, 6.45) is -0.901. The van der Waals surface area contributed by atoms with Crippen molar-refractivity contribution in [1.82, 2.24) is 5.32 Å². The number of carbonyl (C=O) groups is 3. The van der Waals surface area contributed by atoms with Gasteiger partial charge in [-0.1, -0.05) is 17.7 Å². The minimum Gasteiger partial charge on any atom is -0.456 e. The lowest BCUT2D eigenvalue weighted by Crippen LogP contribution is -2.32. The van der Waals surface area contributed by atoms with Gasteiger partial charge in [0, 0.05) is 12.5 Å². The van der Waals surface area contributed by atoms with E-state index in [0.717, 1.165) is 13.0 Å². The molecule has 0 bridgehead atoms. The first-order valence-electron chi connectivity index (χ1n) is 7.24. The number of benzene rings is 1. The summed E-state index contributed by atoms with van der Waals surface area (Å²) in [4.78, 5) is 35.6. The number of esters is 1. The molecule has 1 amide bonds. The number of hydrogen-bond acceptors (Lipinski definition) is 6. The zero-order valence-electron chi connectivity index (χ0n) is 13.6. The molecule has 0 fully saturated rings. The number of halogens is 2. The predicted octanol–water partition coefficient (Wildman–Crippen LogP) is 2.77. The van der Waals surface area contributed by atoms with E-state index in [1.807, 2.05) is 0 Å². The number of hydrogen-bond donors (Lipinski definition) is 1. The van der Waals surface area contributed by atoms with Crippen molar-refractivity contribution in [2.24, 2.45) is 0 Å². The van der Waals surface area contributed by atoms with E-state index in [4.69, 9.17) is 25.8 Å². The Morgan fingerprint density at radius 2 is 2.08 bits per heavy atom. The third-order valence-corrected chi connectivity index (χ3v) is 3.67. The van der Waals surface area contributed by atoms with Gasteiger partial charge in [0.25, 0.3) is 5.78 Å². The van der Waals surface area contributed by atoms with E-state index in [2.05, 4.69) is 5.32 Å². The fourth-order valence-corrected chi connectivity index (χ4v) is 2.30. The van der Waals surface area contributed by atoms with Crippen LogP contribution < -0.4 is 5.32 Å². The predicted molar refractivity (Wildman–Crippen MR) is 83.8 cm³/mol. The van der Waals surface area contributed by atoms with Crippen LogP contribution in [-0.2, 0) is 29.4 Å². The average Bonchev–Trinajstić information content (AvgIpc) is 2.75. The van der Waals surface area contributed by atoms with Crippen molar-refractivity contribution in [3.05, 3.63) is 46.2 Å². The van der Waals surface area contributed by atoms with Gasteiger partial charge in [-0.15, -0.1) is 0 Å². The summed E-state index contributed by atoms with van der Waals surface area (Å²) >= 11 is 5.64. The van der Waals surface area contributed by atoms with Gasteiger partial charge in [0.15, 0.2) is 5.60 Å². The van der Waals surface area contributed by atoms with Crippen molar-refractivity contribution in [3.8, 4) is 0 Å². The van der Waals surface area contributed by atoms with Gasteiger partial charge in [0.1, 0.15) is 5.82 Å². The van der Waals surface area contributed by atoms with Gasteiger partial charge >= 0.3 is 12.1 Å². The molecule has 1 unspecified atom stereocenters. The molecule has 1 aliphatic rings. The van der Waals surface area contributed by atoms with Gasteiger partial charge in [-0.3, -0.25) is 14.9 Å². The molecule has 0 spiro atoms. The number of carbonyl (C=O) groups excluding carboxylic acids is 3. The maximum Gasteiger partial charge on any atom is 0.414 e. The van der Waals surface area contributed by atoms with Crippen LogP contribution in [0.5, 0.6) is 0 Å². The Kier molecular flexibility index (Phi) is 5.32. The highest BCUT2D eigenvalue weighted by Gasteiger charge is 2.50. The molecule has 2 rings (SSSR count). The first-order valence-corrected chi connectivity index (χ1v) is 7.62. The first kappa shape index (κ1) is 18.7. The molecular weight excluding hydrogens is 357 g/mol. The minimum absolute atomic E-state index is 0.0790. The second-order valence-corrected chi connectivity index (χ2v) is 5.60. The van der Waals surface area contributed by atoms with Crippen LogP contribution in [0.15, 0.2) is 29.8 Å². The molecule has 0 saturated carbocycles. The molecule has 1 aromatic carbocycles. The van der Waals surface area contributed by atoms with E-state index in [9.17, 15) is 18.8 Å². The third-order valence-electron chi connectivity index (χ3n) is 3.36. The van der Waals surface area contributed by atoms with Crippen molar-refractivity contribution in [1.29, 1.82) is 0 Å². The monoisotopic (exact) mass is 371 g/mol. The van der Waals surface area contributed by atoms with Crippen LogP contribution >= 0.6 is 11.6 Å². The number of ether oxygens (including phenoxy) is 3. The summed E-state index contributed by atoms with van der Waals surface area (Å²) in [7, 11) is 0. The lowest BCUT2D eigenvalue weighted by atomic mass is 9.91. The topological polar surface area (TPSA) is 90.9 Å². The molecule has 134 valence electrons. The van der Waals surface area contributed by atoms with Crippen LogP contribution in [-0.4, -0.2) is 24.5 Å². The molecule has 25 heavy (non-hydrogen) atoms. The smallest absolute Gasteiger partial charge is 0.414 e. The second-order valence-electron chi connectivity index (χ2n) is 5.19. The Balaban J connectivity index is 2.41. The number of rotatable bonds is 4. The van der Waals surface area contributed by atoms with Crippen LogP contribution in [0.2, 0.25) is 5.02 Å². The van der Waals surface area contributed by atoms with Crippen molar-refractivity contribution >= 4 is 29.4 Å². The second kappa shape index (κ2) is 7.10. The van der Waals surface area contributed by atoms with Gasteiger partial charge < -0.3 is 14.2 Å². The molecule has 0 aliphatic carbocycles. The standard InChI is InChI=1S/C16H15ClFNO6/c1-4-23-15(22)19-14-12(24-8(2)20)13(21)16(3,25-14)9-5-6-10(17)11(18)7-9/h5-7H,4H2,1-3H3,(H,19,22). The molecule has 1 heterocycles. The lowest BCUT2D eigenvalue weighted by Gasteiger charge is -2.23. The van der Waals surface area contributed by atoms with Crippen molar-refractivity contribution in [2.45, 2.75) is 26.4 Å². The Bertz CT molecular complexity index is 778. The zero-order chi connectivity index (χ0) is 18.8. The molecule has 1 atom stereocenters. The summed E-state index contributed by atoms with van der Waals surface area (Å²) in [5, 5.41) is 2.07. The highest BCUT2D eigenvalue weighted by atomic mass is 35.5. The van der Waals surface area contributed by atoms with Crippen LogP contribution in [0, 0.1) is 5.82 Å². The molecule has 9 heteroatoms. The van der Waals surface area contributed by atoms with Gasteiger partial charge in [-0.05, 0) is 26.0 Å². The van der Waals surface area contributed by atoms with Crippen molar-refractivity contribution in [3.63, 3.8) is 0 Å².